The molecule has 0 aliphatic carbocycles. The predicted molar refractivity (Wildman–Crippen MR) is 108 cm³/mol. The highest BCUT2D eigenvalue weighted by atomic mass is 35.5. The summed E-state index contributed by atoms with van der Waals surface area (Å²) in [5.41, 5.74) is 3.56. The van der Waals surface area contributed by atoms with E-state index in [2.05, 4.69) is 15.6 Å². The van der Waals surface area contributed by atoms with Gasteiger partial charge in [-0.2, -0.15) is 0 Å². The average Bonchev–Trinajstić information content (AvgIpc) is 2.68. The van der Waals surface area contributed by atoms with Crippen LogP contribution in [0.5, 0.6) is 5.75 Å². The van der Waals surface area contributed by atoms with Gasteiger partial charge in [0.15, 0.2) is 0 Å². The maximum absolute atomic E-state index is 11.7. The lowest BCUT2D eigenvalue weighted by atomic mass is 10.1. The quantitative estimate of drug-likeness (QED) is 0.722. The van der Waals surface area contributed by atoms with Crippen molar-refractivity contribution >= 4 is 45.5 Å². The van der Waals surface area contributed by atoms with E-state index < -0.39 is 0 Å². The molecule has 2 aromatic carbocycles. The van der Waals surface area contributed by atoms with Gasteiger partial charge in [0.1, 0.15) is 5.75 Å². The number of carbonyl (C=O) groups is 1. The topological polar surface area (TPSA) is 66.5 Å². The number of nitrogens with one attached hydrogen (secondary N) is 2. The van der Waals surface area contributed by atoms with Crippen molar-refractivity contribution in [3.05, 3.63) is 53.7 Å². The molecule has 27 heavy (non-hydrogen) atoms. The van der Waals surface area contributed by atoms with Gasteiger partial charge in [-0.1, -0.05) is 11.6 Å². The fourth-order valence-electron chi connectivity index (χ4n) is 3.20. The van der Waals surface area contributed by atoms with E-state index >= 15 is 0 Å². The zero-order chi connectivity index (χ0) is 18.8. The number of methoxy groups -OCH3 is 1. The van der Waals surface area contributed by atoms with Gasteiger partial charge in [0.2, 0.25) is 5.91 Å². The molecule has 0 atom stereocenters. The molecule has 1 fully saturated rings. The summed E-state index contributed by atoms with van der Waals surface area (Å²) in [6.07, 6.45) is 1.76. The number of hydrogen-bond acceptors (Lipinski definition) is 5. The normalized spacial score (nSPS) is 14.1. The highest BCUT2D eigenvalue weighted by Crippen LogP contribution is 2.32. The summed E-state index contributed by atoms with van der Waals surface area (Å²) in [5, 5.41) is 7.87. The van der Waals surface area contributed by atoms with Crippen LogP contribution >= 0.6 is 11.6 Å². The maximum atomic E-state index is 11.7. The third-order valence-corrected chi connectivity index (χ3v) is 4.75. The third-order valence-electron chi connectivity index (χ3n) is 4.51. The molecule has 1 aromatic heterocycles. The Morgan fingerprint density at radius 2 is 2.11 bits per heavy atom. The molecular weight excluding hydrogens is 364 g/mol. The van der Waals surface area contributed by atoms with Crippen LogP contribution in [0.25, 0.3) is 10.9 Å². The predicted octanol–water partition coefficient (Wildman–Crippen LogP) is 3.58. The van der Waals surface area contributed by atoms with E-state index in [0.717, 1.165) is 40.3 Å². The van der Waals surface area contributed by atoms with Crippen LogP contribution in [-0.2, 0) is 4.79 Å². The standard InChI is InChI=1S/C20H19ClN4O2/c1-27-16-10-14(9-15(11-16)25-7-6-23-20(26)12-25)24-19-4-5-22-18-3-2-13(21)8-17(18)19/h2-5,8-11H,6-7,12H2,1H3,(H,22,24)(H,23,26). The van der Waals surface area contributed by atoms with Gasteiger partial charge < -0.3 is 20.3 Å². The number of amides is 1. The van der Waals surface area contributed by atoms with Crippen LogP contribution < -0.4 is 20.3 Å². The average molecular weight is 383 g/mol. The van der Waals surface area contributed by atoms with Gasteiger partial charge in [0.05, 0.1) is 19.2 Å². The molecule has 0 saturated carbocycles. The van der Waals surface area contributed by atoms with Crippen LogP contribution in [0, 0.1) is 0 Å². The lowest BCUT2D eigenvalue weighted by Gasteiger charge is -2.29. The number of pyridine rings is 1. The minimum Gasteiger partial charge on any atom is -0.497 e. The van der Waals surface area contributed by atoms with Crippen LogP contribution in [0.3, 0.4) is 0 Å². The summed E-state index contributed by atoms with van der Waals surface area (Å²) >= 11 is 6.16. The third kappa shape index (κ3) is 3.75. The zero-order valence-electron chi connectivity index (χ0n) is 14.8. The molecule has 0 spiro atoms. The first-order valence-electron chi connectivity index (χ1n) is 8.64. The molecule has 4 rings (SSSR count). The van der Waals surface area contributed by atoms with Gasteiger partial charge in [-0.05, 0) is 30.3 Å². The van der Waals surface area contributed by atoms with Gasteiger partial charge in [-0.25, -0.2) is 0 Å². The minimum absolute atomic E-state index is 0.0216. The van der Waals surface area contributed by atoms with E-state index in [1.54, 1.807) is 13.3 Å². The highest BCUT2D eigenvalue weighted by molar-refractivity contribution is 6.31. The van der Waals surface area contributed by atoms with E-state index in [1.165, 1.54) is 0 Å². The summed E-state index contributed by atoms with van der Waals surface area (Å²) in [7, 11) is 1.63. The van der Waals surface area contributed by atoms with Crippen LogP contribution in [0.2, 0.25) is 5.02 Å². The number of nitrogens with zero attached hydrogens (tertiary/aromatic N) is 2. The summed E-state index contributed by atoms with van der Waals surface area (Å²) in [5.74, 6) is 0.741. The molecule has 0 unspecified atom stereocenters. The maximum Gasteiger partial charge on any atom is 0.239 e. The molecule has 1 amide bonds. The number of piperazine rings is 1. The Labute approximate surface area is 162 Å². The van der Waals surface area contributed by atoms with Gasteiger partial charge in [-0.3, -0.25) is 9.78 Å². The molecule has 2 heterocycles. The lowest BCUT2D eigenvalue weighted by molar-refractivity contribution is -0.120. The summed E-state index contributed by atoms with van der Waals surface area (Å²) in [6.45, 7) is 1.72. The molecule has 6 nitrogen and oxygen atoms in total. The fraction of sp³-hybridized carbons (Fsp3) is 0.200. The second-order valence-corrected chi connectivity index (χ2v) is 6.77. The van der Waals surface area contributed by atoms with Crippen molar-refractivity contribution in [1.82, 2.24) is 10.3 Å². The Kier molecular flexibility index (Phi) is 4.73. The van der Waals surface area contributed by atoms with Crippen molar-refractivity contribution in [2.75, 3.05) is 37.0 Å². The van der Waals surface area contributed by atoms with Gasteiger partial charge in [-0.15, -0.1) is 0 Å². The number of carbonyl (C=O) groups excluding carboxylic acids is 1. The van der Waals surface area contributed by atoms with Gasteiger partial charge >= 0.3 is 0 Å². The fourth-order valence-corrected chi connectivity index (χ4v) is 3.37. The largest absolute Gasteiger partial charge is 0.497 e. The Bertz CT molecular complexity index is 1010. The molecule has 138 valence electrons. The number of benzene rings is 2. The number of ether oxygens (including phenoxy) is 1. The number of anilines is 3. The summed E-state index contributed by atoms with van der Waals surface area (Å²) < 4.78 is 5.46. The van der Waals surface area contributed by atoms with Crippen molar-refractivity contribution in [3.63, 3.8) is 0 Å². The highest BCUT2D eigenvalue weighted by Gasteiger charge is 2.18. The molecule has 0 bridgehead atoms. The molecule has 3 aromatic rings. The molecule has 2 N–H and O–H groups in total. The second kappa shape index (κ2) is 7.32. The van der Waals surface area contributed by atoms with Crippen molar-refractivity contribution < 1.29 is 9.53 Å². The van der Waals surface area contributed by atoms with E-state index in [1.807, 2.05) is 47.4 Å². The number of hydrogen-bond donors (Lipinski definition) is 2. The van der Waals surface area contributed by atoms with Crippen LogP contribution in [0.1, 0.15) is 0 Å². The molecule has 1 aliphatic heterocycles. The monoisotopic (exact) mass is 382 g/mol. The summed E-state index contributed by atoms with van der Waals surface area (Å²) in [6, 6.07) is 13.4. The van der Waals surface area contributed by atoms with Crippen LogP contribution in [0.15, 0.2) is 48.7 Å². The van der Waals surface area contributed by atoms with Crippen LogP contribution in [-0.4, -0.2) is 37.6 Å². The first kappa shape index (κ1) is 17.4. The molecule has 1 aliphatic rings. The minimum atomic E-state index is 0.0216. The Morgan fingerprint density at radius 3 is 2.93 bits per heavy atom. The molecule has 7 heteroatoms. The van der Waals surface area contributed by atoms with E-state index in [9.17, 15) is 4.79 Å². The van der Waals surface area contributed by atoms with Crippen molar-refractivity contribution in [2.24, 2.45) is 0 Å². The zero-order valence-corrected chi connectivity index (χ0v) is 15.6. The molecule has 0 radical (unpaired) electrons. The Balaban J connectivity index is 1.71. The Morgan fingerprint density at radius 1 is 1.22 bits per heavy atom. The SMILES string of the molecule is COc1cc(Nc2ccnc3ccc(Cl)cc23)cc(N2CCNC(=O)C2)c1. The second-order valence-electron chi connectivity index (χ2n) is 6.34. The smallest absolute Gasteiger partial charge is 0.239 e. The van der Waals surface area contributed by atoms with E-state index in [4.69, 9.17) is 16.3 Å². The van der Waals surface area contributed by atoms with E-state index in [0.29, 0.717) is 18.1 Å². The van der Waals surface area contributed by atoms with E-state index in [-0.39, 0.29) is 5.91 Å². The first-order valence-corrected chi connectivity index (χ1v) is 9.02. The summed E-state index contributed by atoms with van der Waals surface area (Å²) in [4.78, 5) is 18.2. The van der Waals surface area contributed by atoms with Gasteiger partial charge in [0, 0.05) is 58.9 Å². The number of fused-ring (bicyclic) bond motifs is 1. The van der Waals surface area contributed by atoms with Crippen molar-refractivity contribution in [1.29, 1.82) is 0 Å². The van der Waals surface area contributed by atoms with Crippen molar-refractivity contribution in [3.8, 4) is 5.75 Å². The van der Waals surface area contributed by atoms with Crippen LogP contribution in [0.4, 0.5) is 17.1 Å². The number of halogens is 1. The Hall–Kier alpha value is -2.99. The first-order chi connectivity index (χ1) is 13.1. The molecule has 1 saturated heterocycles. The lowest BCUT2D eigenvalue weighted by Crippen LogP contribution is -2.47. The number of rotatable bonds is 4. The van der Waals surface area contributed by atoms with Gasteiger partial charge in [0.25, 0.3) is 0 Å². The molecular formula is C20H19ClN4O2. The number of aromatic nitrogens is 1. The van der Waals surface area contributed by atoms with Crippen molar-refractivity contribution in [2.45, 2.75) is 0 Å².